The predicted molar refractivity (Wildman–Crippen MR) is 86.3 cm³/mol. The lowest BCUT2D eigenvalue weighted by atomic mass is 9.93. The molecule has 0 N–H and O–H groups in total. The van der Waals surface area contributed by atoms with Crippen LogP contribution in [0.5, 0.6) is 5.88 Å². The van der Waals surface area contributed by atoms with Gasteiger partial charge < -0.3 is 9.26 Å². The zero-order valence-corrected chi connectivity index (χ0v) is 12.9. The van der Waals surface area contributed by atoms with Crippen LogP contribution in [0.2, 0.25) is 0 Å². The first-order valence-corrected chi connectivity index (χ1v) is 7.77. The molecule has 0 fully saturated rings. The maximum absolute atomic E-state index is 12.6. The average molecular weight is 322 g/mol. The number of nitrogens with zero attached hydrogens (tertiary/aromatic N) is 2. The van der Waals surface area contributed by atoms with Crippen LogP contribution in [-0.2, 0) is 9.59 Å². The number of amides is 2. The van der Waals surface area contributed by atoms with Crippen LogP contribution in [0.4, 0.5) is 5.69 Å². The molecule has 2 amide bonds. The fourth-order valence-electron chi connectivity index (χ4n) is 3.23. The summed E-state index contributed by atoms with van der Waals surface area (Å²) in [5.74, 6) is 2.16. The van der Waals surface area contributed by atoms with Gasteiger partial charge in [-0.3, -0.25) is 9.59 Å². The normalized spacial score (nSPS) is 17.4. The molecule has 120 valence electrons. The highest BCUT2D eigenvalue weighted by molar-refractivity contribution is 6.33. The number of carbonyl (C=O) groups excluding carboxylic acids is 2. The molecule has 4 rings (SSSR count). The molecule has 0 unspecified atom stereocenters. The fourth-order valence-corrected chi connectivity index (χ4v) is 3.23. The Morgan fingerprint density at radius 2 is 1.92 bits per heavy atom. The van der Waals surface area contributed by atoms with E-state index < -0.39 is 0 Å². The second kappa shape index (κ2) is 5.53. The lowest BCUT2D eigenvalue weighted by Gasteiger charge is -2.15. The number of carbonyl (C=O) groups is 2. The molecular weight excluding hydrogens is 308 g/mol. The van der Waals surface area contributed by atoms with Crippen LogP contribution in [0.3, 0.4) is 0 Å². The van der Waals surface area contributed by atoms with Crippen molar-refractivity contribution in [1.82, 2.24) is 5.16 Å². The number of hydrogen-bond donors (Lipinski definition) is 0. The van der Waals surface area contributed by atoms with Crippen molar-refractivity contribution in [1.29, 1.82) is 0 Å². The number of terminal acetylenes is 1. The van der Waals surface area contributed by atoms with Crippen molar-refractivity contribution in [3.05, 3.63) is 29.3 Å². The van der Waals surface area contributed by atoms with Crippen molar-refractivity contribution in [3.8, 4) is 18.2 Å². The molecule has 0 saturated heterocycles. The number of aromatic nitrogens is 1. The van der Waals surface area contributed by atoms with Gasteiger partial charge in [-0.05, 0) is 49.0 Å². The maximum atomic E-state index is 12.6. The summed E-state index contributed by atoms with van der Waals surface area (Å²) >= 11 is 0. The lowest BCUT2D eigenvalue weighted by Crippen LogP contribution is -2.31. The van der Waals surface area contributed by atoms with E-state index in [-0.39, 0.29) is 24.3 Å². The van der Waals surface area contributed by atoms with Crippen LogP contribution in [0, 0.1) is 12.3 Å². The standard InChI is InChI=1S/C18H14N2O4/c1-2-9-23-16-14-10-11(7-8-15(14)24-19-16)20-17(21)12-5-3-4-6-13(12)18(20)22/h1,7-8,10H,3-6,9H2. The molecule has 2 heterocycles. The molecule has 0 saturated carbocycles. The summed E-state index contributed by atoms with van der Waals surface area (Å²) in [7, 11) is 0. The number of ether oxygens (including phenoxy) is 1. The number of rotatable bonds is 3. The number of imide groups is 1. The van der Waals surface area contributed by atoms with Crippen molar-refractivity contribution in [2.75, 3.05) is 11.5 Å². The summed E-state index contributed by atoms with van der Waals surface area (Å²) < 4.78 is 10.5. The lowest BCUT2D eigenvalue weighted by molar-refractivity contribution is -0.120. The second-order valence-corrected chi connectivity index (χ2v) is 5.77. The minimum absolute atomic E-state index is 0.0588. The number of benzene rings is 1. The predicted octanol–water partition coefficient (Wildman–Crippen LogP) is 2.58. The molecule has 1 aromatic carbocycles. The van der Waals surface area contributed by atoms with Gasteiger partial charge in [0.2, 0.25) is 0 Å². The topological polar surface area (TPSA) is 72.6 Å². The van der Waals surface area contributed by atoms with Gasteiger partial charge in [-0.2, -0.15) is 0 Å². The third-order valence-corrected chi connectivity index (χ3v) is 4.36. The van der Waals surface area contributed by atoms with E-state index in [2.05, 4.69) is 11.1 Å². The van der Waals surface area contributed by atoms with Crippen molar-refractivity contribution in [2.24, 2.45) is 0 Å². The molecular formula is C18H14N2O4. The Balaban J connectivity index is 1.73. The Hall–Kier alpha value is -3.07. The molecule has 1 aliphatic carbocycles. The summed E-state index contributed by atoms with van der Waals surface area (Å²) in [4.78, 5) is 26.5. The molecule has 2 aromatic rings. The van der Waals surface area contributed by atoms with Gasteiger partial charge in [0.05, 0.1) is 11.1 Å². The summed E-state index contributed by atoms with van der Waals surface area (Å²) in [6.07, 6.45) is 8.41. The highest BCUT2D eigenvalue weighted by Gasteiger charge is 2.39. The van der Waals surface area contributed by atoms with E-state index in [1.807, 2.05) is 0 Å². The van der Waals surface area contributed by atoms with Crippen molar-refractivity contribution < 1.29 is 18.8 Å². The van der Waals surface area contributed by atoms with E-state index in [1.165, 1.54) is 4.90 Å². The smallest absolute Gasteiger partial charge is 0.263 e. The van der Waals surface area contributed by atoms with Gasteiger partial charge in [-0.1, -0.05) is 5.92 Å². The molecule has 1 aromatic heterocycles. The highest BCUT2D eigenvalue weighted by atomic mass is 16.5. The zero-order chi connectivity index (χ0) is 16.7. The highest BCUT2D eigenvalue weighted by Crippen LogP contribution is 2.37. The first kappa shape index (κ1) is 14.5. The molecule has 0 atom stereocenters. The molecule has 0 spiro atoms. The summed E-state index contributed by atoms with van der Waals surface area (Å²) in [6, 6.07) is 5.01. The fraction of sp³-hybridized carbons (Fsp3) is 0.278. The van der Waals surface area contributed by atoms with Crippen molar-refractivity contribution in [2.45, 2.75) is 25.7 Å². The third-order valence-electron chi connectivity index (χ3n) is 4.36. The molecule has 6 nitrogen and oxygen atoms in total. The summed E-state index contributed by atoms with van der Waals surface area (Å²) in [6.45, 7) is 0.0588. The minimum atomic E-state index is -0.225. The van der Waals surface area contributed by atoms with E-state index in [4.69, 9.17) is 15.7 Å². The summed E-state index contributed by atoms with van der Waals surface area (Å²) in [5, 5.41) is 4.40. The maximum Gasteiger partial charge on any atom is 0.263 e. The van der Waals surface area contributed by atoms with Gasteiger partial charge in [-0.15, -0.1) is 6.42 Å². The quantitative estimate of drug-likeness (QED) is 0.641. The van der Waals surface area contributed by atoms with Gasteiger partial charge >= 0.3 is 0 Å². The van der Waals surface area contributed by atoms with E-state index in [0.717, 1.165) is 12.8 Å². The Morgan fingerprint density at radius 3 is 2.58 bits per heavy atom. The SMILES string of the molecule is C#CCOc1noc2ccc(N3C(=O)C4=C(CCCC4)C3=O)cc12. The van der Waals surface area contributed by atoms with Crippen LogP contribution in [0.15, 0.2) is 33.9 Å². The number of fused-ring (bicyclic) bond motifs is 1. The number of hydrogen-bond acceptors (Lipinski definition) is 5. The first-order chi connectivity index (χ1) is 11.7. The van der Waals surface area contributed by atoms with E-state index in [1.54, 1.807) is 18.2 Å². The average Bonchev–Trinajstić information content (AvgIpc) is 3.12. The van der Waals surface area contributed by atoms with Crippen LogP contribution in [0.1, 0.15) is 25.7 Å². The molecule has 2 aliphatic rings. The van der Waals surface area contributed by atoms with Gasteiger partial charge in [0.15, 0.2) is 12.2 Å². The van der Waals surface area contributed by atoms with E-state index in [0.29, 0.717) is 40.6 Å². The Bertz CT molecular complexity index is 904. The van der Waals surface area contributed by atoms with Gasteiger partial charge in [0, 0.05) is 11.1 Å². The summed E-state index contributed by atoms with van der Waals surface area (Å²) in [5.41, 5.74) is 2.30. The molecule has 0 radical (unpaired) electrons. The zero-order valence-electron chi connectivity index (χ0n) is 12.9. The van der Waals surface area contributed by atoms with Gasteiger partial charge in [0.1, 0.15) is 0 Å². The van der Waals surface area contributed by atoms with Crippen LogP contribution in [0.25, 0.3) is 11.0 Å². The Morgan fingerprint density at radius 1 is 1.21 bits per heavy atom. The van der Waals surface area contributed by atoms with Crippen LogP contribution in [-0.4, -0.2) is 23.6 Å². The van der Waals surface area contributed by atoms with Crippen molar-refractivity contribution >= 4 is 28.5 Å². The van der Waals surface area contributed by atoms with Crippen molar-refractivity contribution in [3.63, 3.8) is 0 Å². The molecule has 24 heavy (non-hydrogen) atoms. The van der Waals surface area contributed by atoms with E-state index >= 15 is 0 Å². The van der Waals surface area contributed by atoms with E-state index in [9.17, 15) is 9.59 Å². The largest absolute Gasteiger partial charge is 0.462 e. The monoisotopic (exact) mass is 322 g/mol. The minimum Gasteiger partial charge on any atom is -0.462 e. The number of anilines is 1. The second-order valence-electron chi connectivity index (χ2n) is 5.77. The Labute approximate surface area is 138 Å². The van der Waals surface area contributed by atoms with Crippen LogP contribution < -0.4 is 9.64 Å². The van der Waals surface area contributed by atoms with Gasteiger partial charge in [0.25, 0.3) is 17.7 Å². The molecule has 0 bridgehead atoms. The van der Waals surface area contributed by atoms with Crippen LogP contribution >= 0.6 is 0 Å². The third kappa shape index (κ3) is 2.09. The molecule has 6 heteroatoms. The van der Waals surface area contributed by atoms with Gasteiger partial charge in [-0.25, -0.2) is 4.90 Å². The Kier molecular flexibility index (Phi) is 3.35. The first-order valence-electron chi connectivity index (χ1n) is 7.77. The molecule has 1 aliphatic heterocycles.